The molecule has 0 aliphatic carbocycles. The summed E-state index contributed by atoms with van der Waals surface area (Å²) in [6.07, 6.45) is 0. The molecule has 6 nitrogen and oxygen atoms in total. The van der Waals surface area contributed by atoms with Crippen molar-refractivity contribution in [1.82, 2.24) is 0 Å². The van der Waals surface area contributed by atoms with Crippen molar-refractivity contribution >= 4 is 27.1 Å². The number of carbonyl (C=O) groups is 1. The Morgan fingerprint density at radius 2 is 1.78 bits per heavy atom. The fourth-order valence-corrected chi connectivity index (χ4v) is 1.84. The Labute approximate surface area is 102 Å². The molecule has 2 rings (SSSR count). The van der Waals surface area contributed by atoms with Crippen molar-refractivity contribution in [2.24, 2.45) is 0 Å². The quantitative estimate of drug-likeness (QED) is 0.800. The summed E-state index contributed by atoms with van der Waals surface area (Å²) in [5, 5.41) is 10.9. The number of aromatic hydroxyl groups is 1. The molecule has 0 aliphatic rings. The van der Waals surface area contributed by atoms with E-state index >= 15 is 0 Å². The minimum Gasteiger partial charge on any atom is -0.506 e. The summed E-state index contributed by atoms with van der Waals surface area (Å²) in [6, 6.07) is 9.42. The van der Waals surface area contributed by atoms with Gasteiger partial charge in [0.1, 0.15) is 11.3 Å². The molecule has 2 N–H and O–H groups in total. The minimum absolute atomic E-state index is 0.341. The second-order valence-corrected chi connectivity index (χ2v) is 4.50. The summed E-state index contributed by atoms with van der Waals surface area (Å²) in [5.74, 6) is -1.75. The lowest BCUT2D eigenvalue weighted by atomic mass is 10.1. The first kappa shape index (κ1) is 12.3. The van der Waals surface area contributed by atoms with Gasteiger partial charge in [0.2, 0.25) is 0 Å². The topological polar surface area (TPSA) is 101 Å². The first-order valence-corrected chi connectivity index (χ1v) is 6.17. The van der Waals surface area contributed by atoms with Crippen LogP contribution in [-0.2, 0) is 14.6 Å². The largest absolute Gasteiger partial charge is 0.506 e. The number of phenolic OH excluding ortho intramolecular Hbond substituents is 1. The highest BCUT2D eigenvalue weighted by Gasteiger charge is 2.20. The molecule has 2 aromatic carbocycles. The third-order valence-electron chi connectivity index (χ3n) is 2.30. The van der Waals surface area contributed by atoms with Crippen LogP contribution in [0, 0.1) is 0 Å². The van der Waals surface area contributed by atoms with Crippen LogP contribution in [0.4, 0.5) is 0 Å². The lowest BCUT2D eigenvalue weighted by Crippen LogP contribution is -2.12. The molecule has 7 heteroatoms. The third-order valence-corrected chi connectivity index (χ3v) is 2.66. The van der Waals surface area contributed by atoms with Crippen LogP contribution in [0.1, 0.15) is 10.4 Å². The number of hydrogen-bond acceptors (Lipinski definition) is 5. The molecule has 0 saturated heterocycles. The molecule has 0 unspecified atom stereocenters. The molecule has 2 aromatic rings. The average molecular weight is 268 g/mol. The van der Waals surface area contributed by atoms with Crippen molar-refractivity contribution < 1.29 is 27.1 Å². The van der Waals surface area contributed by atoms with Gasteiger partial charge >= 0.3 is 16.4 Å². The molecule has 94 valence electrons. The maximum atomic E-state index is 11.4. The number of benzene rings is 2. The van der Waals surface area contributed by atoms with Gasteiger partial charge in [0.15, 0.2) is 0 Å². The second kappa shape index (κ2) is 4.28. The van der Waals surface area contributed by atoms with Crippen molar-refractivity contribution in [2.45, 2.75) is 0 Å². The van der Waals surface area contributed by atoms with Crippen molar-refractivity contribution in [3.63, 3.8) is 0 Å². The maximum Gasteiger partial charge on any atom is 0.449 e. The molecule has 0 fully saturated rings. The molecule has 0 saturated carbocycles. The highest BCUT2D eigenvalue weighted by molar-refractivity contribution is 7.81. The number of hydrogen-bond donors (Lipinski definition) is 2. The smallest absolute Gasteiger partial charge is 0.449 e. The van der Waals surface area contributed by atoms with Crippen LogP contribution in [-0.4, -0.2) is 24.0 Å². The number of fused-ring (bicyclic) bond motifs is 1. The van der Waals surface area contributed by atoms with E-state index in [-0.39, 0.29) is 5.56 Å². The molecule has 0 aromatic heterocycles. The Morgan fingerprint density at radius 1 is 1.11 bits per heavy atom. The first-order valence-electron chi connectivity index (χ1n) is 4.80. The second-order valence-electron chi connectivity index (χ2n) is 3.48. The predicted octanol–water partition coefficient (Wildman–Crippen LogP) is 1.50. The molecule has 0 radical (unpaired) electrons. The minimum atomic E-state index is -4.90. The standard InChI is InChI=1S/C11H8O6S/c12-10-8-4-2-1-3-7(8)5-6-9(10)11(13)17-18(14,15)16/h1-6,12H,(H,14,15,16). The lowest BCUT2D eigenvalue weighted by Gasteiger charge is -2.06. The Kier molecular flexibility index (Phi) is 2.93. The van der Waals surface area contributed by atoms with Crippen LogP contribution in [0.15, 0.2) is 36.4 Å². The van der Waals surface area contributed by atoms with Gasteiger partial charge in [-0.2, -0.15) is 8.42 Å². The highest BCUT2D eigenvalue weighted by Crippen LogP contribution is 2.29. The monoisotopic (exact) mass is 268 g/mol. The van der Waals surface area contributed by atoms with E-state index < -0.39 is 22.1 Å². The van der Waals surface area contributed by atoms with E-state index in [0.717, 1.165) is 0 Å². The van der Waals surface area contributed by atoms with Crippen molar-refractivity contribution in [3.05, 3.63) is 42.0 Å². The summed E-state index contributed by atoms with van der Waals surface area (Å²) in [4.78, 5) is 11.4. The van der Waals surface area contributed by atoms with E-state index in [1.807, 2.05) is 0 Å². The van der Waals surface area contributed by atoms with Crippen LogP contribution < -0.4 is 0 Å². The Balaban J connectivity index is 2.53. The molecular formula is C11H8O6S. The molecule has 18 heavy (non-hydrogen) atoms. The summed E-state index contributed by atoms with van der Waals surface area (Å²) >= 11 is 0. The van der Waals surface area contributed by atoms with E-state index in [2.05, 4.69) is 4.18 Å². The Hall–Kier alpha value is -2.12. The van der Waals surface area contributed by atoms with Crippen molar-refractivity contribution in [2.75, 3.05) is 0 Å². The van der Waals surface area contributed by atoms with Crippen LogP contribution in [0.3, 0.4) is 0 Å². The molecule has 0 aliphatic heterocycles. The van der Waals surface area contributed by atoms with E-state index in [9.17, 15) is 18.3 Å². The van der Waals surface area contributed by atoms with Gasteiger partial charge < -0.3 is 9.29 Å². The normalized spacial score (nSPS) is 11.4. The fourth-order valence-electron chi connectivity index (χ4n) is 1.56. The van der Waals surface area contributed by atoms with Crippen molar-refractivity contribution in [3.8, 4) is 5.75 Å². The molecule has 0 heterocycles. The highest BCUT2D eigenvalue weighted by atomic mass is 32.3. The van der Waals surface area contributed by atoms with Gasteiger partial charge in [-0.15, -0.1) is 0 Å². The van der Waals surface area contributed by atoms with Gasteiger partial charge in [0, 0.05) is 5.39 Å². The van der Waals surface area contributed by atoms with E-state index in [4.69, 9.17) is 4.55 Å². The summed E-state index contributed by atoms with van der Waals surface area (Å²) < 4.78 is 33.0. The van der Waals surface area contributed by atoms with Gasteiger partial charge in [-0.05, 0) is 11.5 Å². The van der Waals surface area contributed by atoms with E-state index in [1.165, 1.54) is 12.1 Å². The molecule has 0 spiro atoms. The van der Waals surface area contributed by atoms with Crippen LogP contribution in [0.2, 0.25) is 0 Å². The van der Waals surface area contributed by atoms with Gasteiger partial charge in [-0.25, -0.2) is 4.79 Å². The van der Waals surface area contributed by atoms with Gasteiger partial charge in [0.05, 0.1) is 0 Å². The average Bonchev–Trinajstić information content (AvgIpc) is 2.27. The Bertz CT molecular complexity index is 719. The summed E-state index contributed by atoms with van der Waals surface area (Å²) in [6.45, 7) is 0. The molecule has 0 amide bonds. The zero-order valence-electron chi connectivity index (χ0n) is 8.90. The first-order chi connectivity index (χ1) is 8.38. The van der Waals surface area contributed by atoms with Gasteiger partial charge in [0.25, 0.3) is 0 Å². The predicted molar refractivity (Wildman–Crippen MR) is 62.6 cm³/mol. The van der Waals surface area contributed by atoms with Gasteiger partial charge in [-0.3, -0.25) is 4.55 Å². The molecule has 0 atom stereocenters. The van der Waals surface area contributed by atoms with Gasteiger partial charge in [-0.1, -0.05) is 30.3 Å². The zero-order chi connectivity index (χ0) is 13.3. The third kappa shape index (κ3) is 2.41. The summed E-state index contributed by atoms with van der Waals surface area (Å²) in [7, 11) is -4.90. The number of carbonyl (C=O) groups excluding carboxylic acids is 1. The zero-order valence-corrected chi connectivity index (χ0v) is 9.72. The van der Waals surface area contributed by atoms with Crippen molar-refractivity contribution in [1.29, 1.82) is 0 Å². The maximum absolute atomic E-state index is 11.4. The summed E-state index contributed by atoms with van der Waals surface area (Å²) in [5.41, 5.74) is -0.341. The van der Waals surface area contributed by atoms with E-state index in [1.54, 1.807) is 24.3 Å². The van der Waals surface area contributed by atoms with Crippen LogP contribution in [0.25, 0.3) is 10.8 Å². The molecular weight excluding hydrogens is 260 g/mol. The van der Waals surface area contributed by atoms with Crippen LogP contribution >= 0.6 is 0 Å². The number of phenols is 1. The van der Waals surface area contributed by atoms with Crippen LogP contribution in [0.5, 0.6) is 5.75 Å². The van der Waals surface area contributed by atoms with E-state index in [0.29, 0.717) is 10.8 Å². The lowest BCUT2D eigenvalue weighted by molar-refractivity contribution is 0.0724. The SMILES string of the molecule is O=C(OS(=O)(=O)O)c1ccc2ccccc2c1O. The number of rotatable bonds is 2. The Morgan fingerprint density at radius 3 is 2.44 bits per heavy atom. The molecule has 0 bridgehead atoms. The fraction of sp³-hybridized carbons (Fsp3) is 0.